The van der Waals surface area contributed by atoms with Crippen LogP contribution in [0.25, 0.3) is 0 Å². The lowest BCUT2D eigenvalue weighted by molar-refractivity contribution is 0.817. The van der Waals surface area contributed by atoms with E-state index < -0.39 is 11.2 Å². The number of H-pyrrole nitrogens is 2. The van der Waals surface area contributed by atoms with Crippen molar-refractivity contribution < 1.29 is 0 Å². The van der Waals surface area contributed by atoms with Gasteiger partial charge in [0, 0.05) is 11.1 Å². The molecule has 3 N–H and O–H groups in total. The molecule has 0 bridgehead atoms. The first kappa shape index (κ1) is 11.5. The van der Waals surface area contributed by atoms with E-state index in [0.29, 0.717) is 0 Å². The van der Waals surface area contributed by atoms with E-state index in [1.807, 2.05) is 19.2 Å². The molecule has 0 fully saturated rings. The van der Waals surface area contributed by atoms with Gasteiger partial charge in [0.2, 0.25) is 5.82 Å². The summed E-state index contributed by atoms with van der Waals surface area (Å²) in [6, 6.07) is -0.145. The molecule has 0 saturated heterocycles. The van der Waals surface area contributed by atoms with Gasteiger partial charge in [0.1, 0.15) is 5.01 Å². The fourth-order valence-corrected chi connectivity index (χ4v) is 2.09. The summed E-state index contributed by atoms with van der Waals surface area (Å²) in [6.45, 7) is 3.77. The predicted molar refractivity (Wildman–Crippen MR) is 64.4 cm³/mol. The lowest BCUT2D eigenvalue weighted by atomic mass is 10.3. The van der Waals surface area contributed by atoms with E-state index in [1.54, 1.807) is 0 Å². The van der Waals surface area contributed by atoms with Crippen LogP contribution in [-0.4, -0.2) is 20.2 Å². The average molecular weight is 253 g/mol. The summed E-state index contributed by atoms with van der Waals surface area (Å²) in [4.78, 5) is 28.6. The Morgan fingerprint density at radius 3 is 2.82 bits per heavy atom. The highest BCUT2D eigenvalue weighted by atomic mass is 32.1. The van der Waals surface area contributed by atoms with Crippen molar-refractivity contribution in [1.29, 1.82) is 0 Å². The fourth-order valence-electron chi connectivity index (χ4n) is 1.28. The van der Waals surface area contributed by atoms with Crippen molar-refractivity contribution in [3.8, 4) is 0 Å². The van der Waals surface area contributed by atoms with Gasteiger partial charge in [-0.25, -0.2) is 14.9 Å². The Morgan fingerprint density at radius 2 is 2.24 bits per heavy atom. The molecule has 2 aromatic heterocycles. The molecule has 8 heteroatoms. The van der Waals surface area contributed by atoms with Crippen LogP contribution in [0.5, 0.6) is 0 Å². The Balaban J connectivity index is 2.21. The molecule has 0 aliphatic carbocycles. The normalized spacial score (nSPS) is 12.4. The minimum Gasteiger partial charge on any atom is -0.355 e. The number of rotatable bonds is 3. The van der Waals surface area contributed by atoms with Crippen molar-refractivity contribution in [3.63, 3.8) is 0 Å². The van der Waals surface area contributed by atoms with E-state index in [-0.39, 0.29) is 11.9 Å². The molecule has 0 saturated carbocycles. The molecular weight excluding hydrogens is 242 g/mol. The molecule has 2 rings (SSSR count). The van der Waals surface area contributed by atoms with Gasteiger partial charge in [-0.2, -0.15) is 0 Å². The molecule has 2 aromatic rings. The summed E-state index contributed by atoms with van der Waals surface area (Å²) in [5, 5.41) is 11.5. The van der Waals surface area contributed by atoms with Gasteiger partial charge in [-0.1, -0.05) is 0 Å². The van der Waals surface area contributed by atoms with Crippen LogP contribution in [0.1, 0.15) is 23.7 Å². The first-order chi connectivity index (χ1) is 8.06. The maximum absolute atomic E-state index is 11.4. The summed E-state index contributed by atoms with van der Waals surface area (Å²) >= 11 is 1.50. The number of nitrogens with zero attached hydrogens (tertiary/aromatic N) is 2. The number of aromatic amines is 2. The topological polar surface area (TPSA) is 104 Å². The Labute approximate surface area is 99.9 Å². The van der Waals surface area contributed by atoms with Crippen molar-refractivity contribution in [1.82, 2.24) is 20.2 Å². The van der Waals surface area contributed by atoms with Crippen molar-refractivity contribution in [2.45, 2.75) is 19.9 Å². The molecule has 2 heterocycles. The molecule has 0 aliphatic heterocycles. The quantitative estimate of drug-likeness (QED) is 0.734. The van der Waals surface area contributed by atoms with E-state index in [9.17, 15) is 9.59 Å². The van der Waals surface area contributed by atoms with E-state index in [1.165, 1.54) is 11.3 Å². The van der Waals surface area contributed by atoms with Crippen molar-refractivity contribution in [2.24, 2.45) is 0 Å². The zero-order valence-corrected chi connectivity index (χ0v) is 10.1. The number of hydrogen-bond acceptors (Lipinski definition) is 6. The molecule has 17 heavy (non-hydrogen) atoms. The molecule has 90 valence electrons. The summed E-state index contributed by atoms with van der Waals surface area (Å²) in [7, 11) is 0. The highest BCUT2D eigenvalue weighted by molar-refractivity contribution is 7.09. The molecule has 0 aromatic carbocycles. The second-order valence-corrected chi connectivity index (χ2v) is 4.44. The Morgan fingerprint density at radius 1 is 1.47 bits per heavy atom. The summed E-state index contributed by atoms with van der Waals surface area (Å²) in [5.74, 6) is 0.0740. The SMILES string of the molecule is Cc1csc(C(C)Nc2n[nH]c(=O)[nH]c2=O)n1. The Kier molecular flexibility index (Phi) is 3.05. The van der Waals surface area contributed by atoms with Gasteiger partial charge in [-0.3, -0.25) is 9.78 Å². The smallest absolute Gasteiger partial charge is 0.342 e. The van der Waals surface area contributed by atoms with E-state index in [0.717, 1.165) is 10.7 Å². The molecular formula is C9H11N5O2S. The molecule has 1 atom stereocenters. The van der Waals surface area contributed by atoms with Gasteiger partial charge < -0.3 is 5.32 Å². The third-order valence-electron chi connectivity index (χ3n) is 2.07. The van der Waals surface area contributed by atoms with Gasteiger partial charge in [-0.05, 0) is 13.8 Å². The van der Waals surface area contributed by atoms with Crippen molar-refractivity contribution in [2.75, 3.05) is 5.32 Å². The lowest BCUT2D eigenvalue weighted by Gasteiger charge is -2.09. The van der Waals surface area contributed by atoms with Crippen molar-refractivity contribution >= 4 is 17.2 Å². The summed E-state index contributed by atoms with van der Waals surface area (Å²) in [5.41, 5.74) is -0.242. The largest absolute Gasteiger partial charge is 0.355 e. The fraction of sp³-hybridized carbons (Fsp3) is 0.333. The number of thiazole rings is 1. The van der Waals surface area contributed by atoms with Crippen LogP contribution in [0.15, 0.2) is 15.0 Å². The zero-order valence-electron chi connectivity index (χ0n) is 9.27. The highest BCUT2D eigenvalue weighted by Gasteiger charge is 2.12. The molecule has 0 spiro atoms. The van der Waals surface area contributed by atoms with Crippen LogP contribution in [0.3, 0.4) is 0 Å². The van der Waals surface area contributed by atoms with Crippen LogP contribution in [-0.2, 0) is 0 Å². The van der Waals surface area contributed by atoms with Gasteiger partial charge in [-0.15, -0.1) is 16.4 Å². The highest BCUT2D eigenvalue weighted by Crippen LogP contribution is 2.19. The Hall–Kier alpha value is -1.96. The number of nitrogens with one attached hydrogen (secondary N) is 3. The minimum atomic E-state index is -0.627. The third-order valence-corrected chi connectivity index (χ3v) is 3.22. The standard InChI is InChI=1S/C9H11N5O2S/c1-4-3-17-8(10-4)5(2)11-6-7(15)12-9(16)14-13-6/h3,5H,1-2H3,(H,11,13)(H2,12,14,15,16). The van der Waals surface area contributed by atoms with E-state index in [2.05, 4.69) is 25.5 Å². The van der Waals surface area contributed by atoms with Crippen LogP contribution in [0.2, 0.25) is 0 Å². The van der Waals surface area contributed by atoms with Gasteiger partial charge >= 0.3 is 5.69 Å². The average Bonchev–Trinajstić information content (AvgIpc) is 2.69. The van der Waals surface area contributed by atoms with Gasteiger partial charge in [0.15, 0.2) is 0 Å². The number of hydrogen-bond donors (Lipinski definition) is 3. The van der Waals surface area contributed by atoms with E-state index >= 15 is 0 Å². The number of aryl methyl sites for hydroxylation is 1. The first-order valence-corrected chi connectivity index (χ1v) is 5.82. The third kappa shape index (κ3) is 2.59. The molecule has 0 radical (unpaired) electrons. The monoisotopic (exact) mass is 253 g/mol. The first-order valence-electron chi connectivity index (χ1n) is 4.94. The van der Waals surface area contributed by atoms with Crippen LogP contribution in [0.4, 0.5) is 5.82 Å². The zero-order chi connectivity index (χ0) is 12.4. The molecule has 1 unspecified atom stereocenters. The molecule has 0 aliphatic rings. The van der Waals surface area contributed by atoms with Crippen LogP contribution in [0, 0.1) is 6.92 Å². The lowest BCUT2D eigenvalue weighted by Crippen LogP contribution is -2.27. The van der Waals surface area contributed by atoms with Crippen LogP contribution < -0.4 is 16.6 Å². The van der Waals surface area contributed by atoms with E-state index in [4.69, 9.17) is 0 Å². The maximum atomic E-state index is 11.4. The molecule has 0 amide bonds. The number of anilines is 1. The van der Waals surface area contributed by atoms with Crippen molar-refractivity contribution in [3.05, 3.63) is 36.9 Å². The Bertz CT molecular complexity index is 629. The summed E-state index contributed by atoms with van der Waals surface area (Å²) < 4.78 is 0. The minimum absolute atomic E-state index is 0.0740. The van der Waals surface area contributed by atoms with Crippen LogP contribution >= 0.6 is 11.3 Å². The molecule has 7 nitrogen and oxygen atoms in total. The van der Waals surface area contributed by atoms with Gasteiger partial charge in [0.05, 0.1) is 6.04 Å². The second kappa shape index (κ2) is 4.50. The number of aromatic nitrogens is 4. The maximum Gasteiger partial charge on any atom is 0.342 e. The predicted octanol–water partition coefficient (Wildman–Crippen LogP) is 0.396. The summed E-state index contributed by atoms with van der Waals surface area (Å²) in [6.07, 6.45) is 0. The second-order valence-electron chi connectivity index (χ2n) is 3.55. The van der Waals surface area contributed by atoms with Gasteiger partial charge in [0.25, 0.3) is 5.56 Å².